The first-order valence-corrected chi connectivity index (χ1v) is 6.89. The normalized spacial score (nSPS) is 23.5. The Bertz CT molecular complexity index is 394. The van der Waals surface area contributed by atoms with Gasteiger partial charge in [0.25, 0.3) is 0 Å². The molecule has 0 heterocycles. The van der Waals surface area contributed by atoms with E-state index >= 15 is 0 Å². The van der Waals surface area contributed by atoms with E-state index in [0.29, 0.717) is 5.78 Å². The Kier molecular flexibility index (Phi) is 3.98. The predicted molar refractivity (Wildman–Crippen MR) is 71.2 cm³/mol. The molecule has 2 unspecified atom stereocenters. The molecule has 1 nitrogen and oxygen atoms in total. The average Bonchev–Trinajstić information content (AvgIpc) is 2.35. The number of fused-ring (bicyclic) bond motifs is 1. The lowest BCUT2D eigenvalue weighted by atomic mass is 9.73. The average molecular weight is 230 g/mol. The first-order valence-electron chi connectivity index (χ1n) is 6.89. The smallest absolute Gasteiger partial charge is 0.143 e. The number of rotatable bonds is 4. The van der Waals surface area contributed by atoms with Crippen LogP contribution in [0.3, 0.4) is 0 Å². The van der Waals surface area contributed by atoms with Crippen molar-refractivity contribution in [2.45, 2.75) is 51.9 Å². The van der Waals surface area contributed by atoms with Gasteiger partial charge < -0.3 is 0 Å². The van der Waals surface area contributed by atoms with Gasteiger partial charge in [-0.25, -0.2) is 0 Å². The number of hydrogen-bond acceptors (Lipinski definition) is 1. The maximum Gasteiger partial charge on any atom is 0.143 e. The Labute approximate surface area is 104 Å². The van der Waals surface area contributed by atoms with Crippen molar-refractivity contribution < 1.29 is 4.79 Å². The van der Waals surface area contributed by atoms with Gasteiger partial charge in [-0.15, -0.1) is 0 Å². The van der Waals surface area contributed by atoms with E-state index in [1.807, 2.05) is 0 Å². The van der Waals surface area contributed by atoms with Gasteiger partial charge in [-0.05, 0) is 30.4 Å². The van der Waals surface area contributed by atoms with Crippen molar-refractivity contribution in [3.63, 3.8) is 0 Å². The number of benzene rings is 1. The Balaban J connectivity index is 2.32. The summed E-state index contributed by atoms with van der Waals surface area (Å²) >= 11 is 0. The molecule has 1 aromatic carbocycles. The molecule has 0 fully saturated rings. The zero-order valence-corrected chi connectivity index (χ0v) is 10.9. The molecule has 0 amide bonds. The molecule has 0 aromatic heterocycles. The fourth-order valence-corrected chi connectivity index (χ4v) is 3.04. The summed E-state index contributed by atoms with van der Waals surface area (Å²) in [6, 6.07) is 8.51. The third-order valence-electron chi connectivity index (χ3n) is 3.86. The molecule has 1 aromatic rings. The minimum atomic E-state index is 0.168. The van der Waals surface area contributed by atoms with Crippen LogP contribution in [0.25, 0.3) is 0 Å². The van der Waals surface area contributed by atoms with Crippen LogP contribution < -0.4 is 0 Å². The molecule has 0 aliphatic heterocycles. The molecule has 0 N–H and O–H groups in total. The van der Waals surface area contributed by atoms with E-state index in [2.05, 4.69) is 38.1 Å². The summed E-state index contributed by atoms with van der Waals surface area (Å²) in [5.74, 6) is 0.931. The highest BCUT2D eigenvalue weighted by Crippen LogP contribution is 2.36. The van der Waals surface area contributed by atoms with Gasteiger partial charge in [0.15, 0.2) is 0 Å². The van der Waals surface area contributed by atoms with E-state index in [4.69, 9.17) is 0 Å². The van der Waals surface area contributed by atoms with E-state index in [1.54, 1.807) is 0 Å². The second-order valence-electron chi connectivity index (χ2n) is 5.13. The number of carbonyl (C=O) groups is 1. The molecule has 0 spiro atoms. The number of carbonyl (C=O) groups excluding carboxylic acids is 1. The molecule has 2 rings (SSSR count). The summed E-state index contributed by atoms with van der Waals surface area (Å²) < 4.78 is 0. The van der Waals surface area contributed by atoms with Crippen molar-refractivity contribution >= 4 is 5.78 Å². The summed E-state index contributed by atoms with van der Waals surface area (Å²) in [5.41, 5.74) is 2.70. The number of Topliss-reactive ketones (excluding diaryl/α,β-unsaturated/α-hetero) is 1. The quantitative estimate of drug-likeness (QED) is 0.760. The number of ketones is 1. The molecule has 1 aliphatic carbocycles. The largest absolute Gasteiger partial charge is 0.299 e. The molecule has 0 radical (unpaired) electrons. The van der Waals surface area contributed by atoms with Gasteiger partial charge >= 0.3 is 0 Å². The minimum absolute atomic E-state index is 0.168. The van der Waals surface area contributed by atoms with Crippen molar-refractivity contribution in [2.24, 2.45) is 5.92 Å². The van der Waals surface area contributed by atoms with Crippen LogP contribution in [-0.2, 0) is 11.2 Å². The molecule has 92 valence electrons. The molecule has 0 saturated carbocycles. The molecule has 1 aliphatic rings. The highest BCUT2D eigenvalue weighted by molar-refractivity contribution is 5.90. The fraction of sp³-hybridized carbons (Fsp3) is 0.562. The highest BCUT2D eigenvalue weighted by Gasteiger charge is 2.33. The lowest BCUT2D eigenvalue weighted by Gasteiger charge is -2.30. The number of hydrogen-bond donors (Lipinski definition) is 0. The molecule has 17 heavy (non-hydrogen) atoms. The Morgan fingerprint density at radius 2 is 1.82 bits per heavy atom. The lowest BCUT2D eigenvalue weighted by molar-refractivity contribution is -0.125. The van der Waals surface area contributed by atoms with Crippen LogP contribution in [0.5, 0.6) is 0 Å². The Morgan fingerprint density at radius 1 is 1.12 bits per heavy atom. The van der Waals surface area contributed by atoms with Crippen LogP contribution in [0.15, 0.2) is 24.3 Å². The summed E-state index contributed by atoms with van der Waals surface area (Å²) in [6.07, 6.45) is 5.22. The van der Waals surface area contributed by atoms with Crippen LogP contribution in [0, 0.1) is 5.92 Å². The van der Waals surface area contributed by atoms with Crippen LogP contribution in [0.1, 0.15) is 56.6 Å². The molecular formula is C16H22O. The SMILES string of the molecule is CCCC1Cc2ccccc2C(CCC)C1=O. The molecule has 2 atom stereocenters. The van der Waals surface area contributed by atoms with Crippen molar-refractivity contribution in [3.05, 3.63) is 35.4 Å². The Morgan fingerprint density at radius 3 is 2.53 bits per heavy atom. The van der Waals surface area contributed by atoms with Crippen LogP contribution >= 0.6 is 0 Å². The predicted octanol–water partition coefficient (Wildman–Crippen LogP) is 4.11. The highest BCUT2D eigenvalue weighted by atomic mass is 16.1. The van der Waals surface area contributed by atoms with E-state index in [-0.39, 0.29) is 11.8 Å². The lowest BCUT2D eigenvalue weighted by Crippen LogP contribution is -2.29. The van der Waals surface area contributed by atoms with Gasteiger partial charge in [-0.1, -0.05) is 51.0 Å². The van der Waals surface area contributed by atoms with Crippen molar-refractivity contribution in [3.8, 4) is 0 Å². The summed E-state index contributed by atoms with van der Waals surface area (Å²) in [5, 5.41) is 0. The van der Waals surface area contributed by atoms with Gasteiger partial charge in [0.1, 0.15) is 5.78 Å². The van der Waals surface area contributed by atoms with E-state index < -0.39 is 0 Å². The molecule has 1 heteroatoms. The zero-order valence-electron chi connectivity index (χ0n) is 10.9. The van der Waals surface area contributed by atoms with Crippen LogP contribution in [0.4, 0.5) is 0 Å². The first kappa shape index (κ1) is 12.3. The second kappa shape index (κ2) is 5.48. The third-order valence-corrected chi connectivity index (χ3v) is 3.86. The zero-order chi connectivity index (χ0) is 12.3. The van der Waals surface area contributed by atoms with Gasteiger partial charge in [0, 0.05) is 11.8 Å². The fourth-order valence-electron chi connectivity index (χ4n) is 3.04. The van der Waals surface area contributed by atoms with Crippen LogP contribution in [-0.4, -0.2) is 5.78 Å². The molecule has 0 bridgehead atoms. The van der Waals surface area contributed by atoms with Crippen molar-refractivity contribution in [2.75, 3.05) is 0 Å². The summed E-state index contributed by atoms with van der Waals surface area (Å²) in [6.45, 7) is 4.34. The molecule has 0 saturated heterocycles. The topological polar surface area (TPSA) is 17.1 Å². The van der Waals surface area contributed by atoms with E-state index in [1.165, 1.54) is 11.1 Å². The minimum Gasteiger partial charge on any atom is -0.299 e. The van der Waals surface area contributed by atoms with Crippen molar-refractivity contribution in [1.82, 2.24) is 0 Å². The maximum atomic E-state index is 12.5. The monoisotopic (exact) mass is 230 g/mol. The van der Waals surface area contributed by atoms with Crippen LogP contribution in [0.2, 0.25) is 0 Å². The maximum absolute atomic E-state index is 12.5. The van der Waals surface area contributed by atoms with Gasteiger partial charge in [-0.3, -0.25) is 4.79 Å². The third kappa shape index (κ3) is 2.43. The summed E-state index contributed by atoms with van der Waals surface area (Å²) in [4.78, 5) is 12.5. The van der Waals surface area contributed by atoms with Gasteiger partial charge in [0.05, 0.1) is 0 Å². The Hall–Kier alpha value is -1.11. The van der Waals surface area contributed by atoms with E-state index in [9.17, 15) is 4.79 Å². The summed E-state index contributed by atoms with van der Waals surface area (Å²) in [7, 11) is 0. The standard InChI is InChI=1S/C16H22O/c1-3-7-13-11-12-9-5-6-10-14(12)15(8-4-2)16(13)17/h5-6,9-10,13,15H,3-4,7-8,11H2,1-2H3. The van der Waals surface area contributed by atoms with E-state index in [0.717, 1.165) is 32.1 Å². The van der Waals surface area contributed by atoms with Gasteiger partial charge in [-0.2, -0.15) is 0 Å². The second-order valence-corrected chi connectivity index (χ2v) is 5.13. The first-order chi connectivity index (χ1) is 8.27. The van der Waals surface area contributed by atoms with Gasteiger partial charge in [0.2, 0.25) is 0 Å². The molecular weight excluding hydrogens is 208 g/mol. The van der Waals surface area contributed by atoms with Crippen molar-refractivity contribution in [1.29, 1.82) is 0 Å².